The predicted octanol–water partition coefficient (Wildman–Crippen LogP) is 6.87. The Morgan fingerprint density at radius 1 is 0.444 bits per heavy atom. The van der Waals surface area contributed by atoms with Gasteiger partial charge in [0.25, 0.3) is 0 Å². The van der Waals surface area contributed by atoms with Crippen molar-refractivity contribution in [2.75, 3.05) is 0 Å². The molecule has 0 spiro atoms. The Labute approximate surface area is 170 Å². The van der Waals surface area contributed by atoms with Crippen molar-refractivity contribution in [3.05, 3.63) is 0 Å². The fourth-order valence-electron chi connectivity index (χ4n) is 3.82. The summed E-state index contributed by atoms with van der Waals surface area (Å²) in [6.45, 7) is 2.28. The minimum Gasteiger partial charge on any atom is -0.393 e. The van der Waals surface area contributed by atoms with Crippen molar-refractivity contribution in [2.45, 2.75) is 154 Å². The van der Waals surface area contributed by atoms with Crippen molar-refractivity contribution < 1.29 is 15.3 Å². The molecular weight excluding hydrogens is 336 g/mol. The minimum atomic E-state index is -1.37. The van der Waals surface area contributed by atoms with Crippen LogP contribution >= 0.6 is 0 Å². The topological polar surface area (TPSA) is 60.7 Å². The molecule has 0 amide bonds. The first-order valence-corrected chi connectivity index (χ1v) is 12.2. The lowest BCUT2D eigenvalue weighted by Crippen LogP contribution is -2.16. The molecule has 3 N–H and O–H groups in total. The average molecular weight is 387 g/mol. The number of hydrogen-bond donors (Lipinski definition) is 3. The average Bonchev–Trinajstić information content (AvgIpc) is 2.63. The molecule has 0 radical (unpaired) electrons. The molecule has 1 atom stereocenters. The van der Waals surface area contributed by atoms with Crippen LogP contribution in [0.1, 0.15) is 142 Å². The van der Waals surface area contributed by atoms with Crippen LogP contribution in [0.5, 0.6) is 0 Å². The smallest absolute Gasteiger partial charge is 0.153 e. The first-order valence-electron chi connectivity index (χ1n) is 12.2. The van der Waals surface area contributed by atoms with Crippen molar-refractivity contribution in [3.8, 4) is 0 Å². The molecule has 0 aliphatic rings. The van der Waals surface area contributed by atoms with E-state index in [1.807, 2.05) is 0 Å². The predicted molar refractivity (Wildman–Crippen MR) is 117 cm³/mol. The lowest BCUT2D eigenvalue weighted by atomic mass is 10.0. The van der Waals surface area contributed by atoms with Crippen LogP contribution in [0.25, 0.3) is 0 Å². The van der Waals surface area contributed by atoms with Gasteiger partial charge in [0.15, 0.2) is 6.29 Å². The van der Waals surface area contributed by atoms with Gasteiger partial charge in [0.1, 0.15) is 0 Å². The maximum absolute atomic E-state index is 9.54. The molecule has 3 nitrogen and oxygen atoms in total. The van der Waals surface area contributed by atoms with Gasteiger partial charge < -0.3 is 15.3 Å². The molecule has 0 bridgehead atoms. The van der Waals surface area contributed by atoms with Crippen molar-refractivity contribution in [1.29, 1.82) is 0 Å². The molecule has 164 valence electrons. The number of hydrogen-bond acceptors (Lipinski definition) is 3. The van der Waals surface area contributed by atoms with Gasteiger partial charge in [-0.3, -0.25) is 0 Å². The zero-order valence-corrected chi connectivity index (χ0v) is 18.3. The van der Waals surface area contributed by atoms with E-state index in [-0.39, 0.29) is 6.42 Å². The van der Waals surface area contributed by atoms with E-state index in [0.717, 1.165) is 12.8 Å². The molecular formula is C24H50O3. The molecule has 0 aromatic heterocycles. The van der Waals surface area contributed by atoms with E-state index in [2.05, 4.69) is 6.92 Å². The second kappa shape index (κ2) is 22.2. The molecule has 0 aromatic rings. The summed E-state index contributed by atoms with van der Waals surface area (Å²) in [6, 6.07) is 0. The number of aliphatic hydroxyl groups excluding tert-OH is 2. The van der Waals surface area contributed by atoms with Crippen LogP contribution in [0.15, 0.2) is 0 Å². The zero-order chi connectivity index (χ0) is 20.0. The summed E-state index contributed by atoms with van der Waals surface area (Å²) in [5.74, 6) is 0. The Morgan fingerprint density at radius 3 is 1.04 bits per heavy atom. The largest absolute Gasteiger partial charge is 0.393 e. The highest BCUT2D eigenvalue weighted by Gasteiger charge is 2.08. The molecule has 0 fully saturated rings. The first-order chi connectivity index (χ1) is 13.2. The summed E-state index contributed by atoms with van der Waals surface area (Å²) in [5.41, 5.74) is 0. The van der Waals surface area contributed by atoms with E-state index in [0.29, 0.717) is 6.42 Å². The van der Waals surface area contributed by atoms with E-state index < -0.39 is 12.4 Å². The summed E-state index contributed by atoms with van der Waals surface area (Å²) in [7, 11) is 0. The van der Waals surface area contributed by atoms with Gasteiger partial charge in [-0.15, -0.1) is 0 Å². The second-order valence-electron chi connectivity index (χ2n) is 8.52. The molecule has 0 saturated carbocycles. The van der Waals surface area contributed by atoms with Gasteiger partial charge in [-0.25, -0.2) is 0 Å². The van der Waals surface area contributed by atoms with Gasteiger partial charge in [0.2, 0.25) is 0 Å². The standard InChI is InChI=1S/C24H50O3/c1-2-3-4-5-6-7-8-9-10-11-12-13-14-15-16-17-18-19-20-21-23(25)22-24(26)27/h23-27H,2-22H2,1H3. The molecule has 0 heterocycles. The van der Waals surface area contributed by atoms with Gasteiger partial charge in [-0.1, -0.05) is 129 Å². The lowest BCUT2D eigenvalue weighted by molar-refractivity contribution is -0.0708. The molecule has 27 heavy (non-hydrogen) atoms. The summed E-state index contributed by atoms with van der Waals surface area (Å²) < 4.78 is 0. The molecule has 1 unspecified atom stereocenters. The van der Waals surface area contributed by atoms with Gasteiger partial charge in [0, 0.05) is 6.42 Å². The highest BCUT2D eigenvalue weighted by molar-refractivity contribution is 4.57. The lowest BCUT2D eigenvalue weighted by Gasteiger charge is -2.11. The van der Waals surface area contributed by atoms with E-state index in [4.69, 9.17) is 10.2 Å². The van der Waals surface area contributed by atoms with Crippen LogP contribution in [-0.4, -0.2) is 27.7 Å². The van der Waals surface area contributed by atoms with Crippen molar-refractivity contribution in [1.82, 2.24) is 0 Å². The third kappa shape index (κ3) is 23.8. The second-order valence-corrected chi connectivity index (χ2v) is 8.52. The molecule has 0 saturated heterocycles. The monoisotopic (exact) mass is 386 g/mol. The van der Waals surface area contributed by atoms with Crippen molar-refractivity contribution in [3.63, 3.8) is 0 Å². The minimum absolute atomic E-state index is 0.0824. The molecule has 0 aliphatic carbocycles. The molecule has 0 aromatic carbocycles. The normalized spacial score (nSPS) is 12.8. The summed E-state index contributed by atoms with van der Waals surface area (Å²) >= 11 is 0. The van der Waals surface area contributed by atoms with Crippen LogP contribution in [0.4, 0.5) is 0 Å². The number of unbranched alkanes of at least 4 members (excludes halogenated alkanes) is 18. The Kier molecular flexibility index (Phi) is 22.1. The van der Waals surface area contributed by atoms with Gasteiger partial charge in [0.05, 0.1) is 6.10 Å². The Balaban J connectivity index is 3.05. The molecule has 3 heteroatoms. The van der Waals surface area contributed by atoms with Crippen LogP contribution < -0.4 is 0 Å². The van der Waals surface area contributed by atoms with Crippen LogP contribution in [0.2, 0.25) is 0 Å². The highest BCUT2D eigenvalue weighted by atomic mass is 16.5. The maximum atomic E-state index is 9.54. The van der Waals surface area contributed by atoms with E-state index >= 15 is 0 Å². The fraction of sp³-hybridized carbons (Fsp3) is 1.00. The quantitative estimate of drug-likeness (QED) is 0.140. The van der Waals surface area contributed by atoms with Crippen LogP contribution in [0, 0.1) is 0 Å². The third-order valence-corrected chi connectivity index (χ3v) is 5.62. The summed E-state index contributed by atoms with van der Waals surface area (Å²) in [6.07, 6.45) is 24.8. The van der Waals surface area contributed by atoms with Gasteiger partial charge in [-0.05, 0) is 6.42 Å². The number of rotatable bonds is 22. The molecule has 0 aliphatic heterocycles. The van der Waals surface area contributed by atoms with Gasteiger partial charge in [-0.2, -0.15) is 0 Å². The van der Waals surface area contributed by atoms with Crippen LogP contribution in [-0.2, 0) is 0 Å². The van der Waals surface area contributed by atoms with Crippen molar-refractivity contribution >= 4 is 0 Å². The SMILES string of the molecule is CCCCCCCCCCCCCCCCCCCCCC(O)CC(O)O. The zero-order valence-electron chi connectivity index (χ0n) is 18.3. The van der Waals surface area contributed by atoms with Crippen molar-refractivity contribution in [2.24, 2.45) is 0 Å². The molecule has 0 rings (SSSR count). The summed E-state index contributed by atoms with van der Waals surface area (Å²) in [5, 5.41) is 27.1. The fourth-order valence-corrected chi connectivity index (χ4v) is 3.82. The Morgan fingerprint density at radius 2 is 0.741 bits per heavy atom. The summed E-state index contributed by atoms with van der Waals surface area (Å²) in [4.78, 5) is 0. The van der Waals surface area contributed by atoms with Crippen LogP contribution in [0.3, 0.4) is 0 Å². The maximum Gasteiger partial charge on any atom is 0.153 e. The Hall–Kier alpha value is -0.120. The third-order valence-electron chi connectivity index (χ3n) is 5.62. The van der Waals surface area contributed by atoms with E-state index in [1.165, 1.54) is 109 Å². The van der Waals surface area contributed by atoms with E-state index in [1.54, 1.807) is 0 Å². The number of aliphatic hydroxyl groups is 3. The highest BCUT2D eigenvalue weighted by Crippen LogP contribution is 2.15. The van der Waals surface area contributed by atoms with Gasteiger partial charge >= 0.3 is 0 Å². The first kappa shape index (κ1) is 26.9. The Bertz CT molecular complexity index is 268. The van der Waals surface area contributed by atoms with E-state index in [9.17, 15) is 5.11 Å².